The maximum Gasteiger partial charge on any atom is 0.224 e. The predicted molar refractivity (Wildman–Crippen MR) is 61.2 cm³/mol. The smallest absolute Gasteiger partial charge is 0.224 e. The van der Waals surface area contributed by atoms with Crippen molar-refractivity contribution in [1.82, 2.24) is 10.2 Å². The molecule has 1 amide bonds. The molecule has 1 aromatic rings. The molecule has 1 fully saturated rings. The van der Waals surface area contributed by atoms with Crippen LogP contribution in [0, 0.1) is 5.92 Å². The van der Waals surface area contributed by atoms with E-state index in [1.165, 1.54) is 0 Å². The van der Waals surface area contributed by atoms with Gasteiger partial charge < -0.3 is 9.73 Å². The van der Waals surface area contributed by atoms with E-state index < -0.39 is 0 Å². The largest absolute Gasteiger partial charge is 0.448 e. The van der Waals surface area contributed by atoms with E-state index >= 15 is 0 Å². The number of halogens is 1. The summed E-state index contributed by atoms with van der Waals surface area (Å²) in [4.78, 5) is 13.6. The summed E-state index contributed by atoms with van der Waals surface area (Å²) in [6, 6.07) is 3.61. The molecule has 5 heteroatoms. The van der Waals surface area contributed by atoms with E-state index in [2.05, 4.69) is 10.2 Å². The number of furan rings is 1. The SMILES string of the molecule is CNC(=O)[C@@H]1CCN(Cc2ccc(Cl)o2)C1. The quantitative estimate of drug-likeness (QED) is 0.874. The second kappa shape index (κ2) is 4.89. The van der Waals surface area contributed by atoms with Crippen LogP contribution in [0.5, 0.6) is 0 Å². The highest BCUT2D eigenvalue weighted by molar-refractivity contribution is 6.28. The number of hydrogen-bond acceptors (Lipinski definition) is 3. The minimum atomic E-state index is 0.107. The van der Waals surface area contributed by atoms with Crippen molar-refractivity contribution in [1.29, 1.82) is 0 Å². The monoisotopic (exact) mass is 242 g/mol. The Morgan fingerprint density at radius 1 is 1.69 bits per heavy atom. The van der Waals surface area contributed by atoms with Gasteiger partial charge in [0.15, 0.2) is 5.22 Å². The van der Waals surface area contributed by atoms with E-state index in [0.29, 0.717) is 5.22 Å². The van der Waals surface area contributed by atoms with Crippen LogP contribution in [0.15, 0.2) is 16.5 Å². The summed E-state index contributed by atoms with van der Waals surface area (Å²) in [6.45, 7) is 2.44. The average molecular weight is 243 g/mol. The molecule has 0 aliphatic carbocycles. The van der Waals surface area contributed by atoms with Crippen LogP contribution in [0.2, 0.25) is 5.22 Å². The first-order valence-electron chi connectivity index (χ1n) is 5.37. The zero-order valence-corrected chi connectivity index (χ0v) is 9.96. The Morgan fingerprint density at radius 3 is 3.12 bits per heavy atom. The molecule has 2 rings (SSSR count). The molecule has 16 heavy (non-hydrogen) atoms. The maximum atomic E-state index is 11.4. The van der Waals surface area contributed by atoms with E-state index in [-0.39, 0.29) is 11.8 Å². The molecular weight excluding hydrogens is 228 g/mol. The predicted octanol–water partition coefficient (Wildman–Crippen LogP) is 1.50. The van der Waals surface area contributed by atoms with Gasteiger partial charge in [-0.3, -0.25) is 9.69 Å². The van der Waals surface area contributed by atoms with Gasteiger partial charge in [0.1, 0.15) is 5.76 Å². The van der Waals surface area contributed by atoms with Gasteiger partial charge in [-0.15, -0.1) is 0 Å². The molecule has 1 aliphatic heterocycles. The zero-order valence-electron chi connectivity index (χ0n) is 9.20. The lowest BCUT2D eigenvalue weighted by molar-refractivity contribution is -0.124. The molecule has 1 N–H and O–H groups in total. The summed E-state index contributed by atoms with van der Waals surface area (Å²) < 4.78 is 5.29. The number of amides is 1. The third kappa shape index (κ3) is 2.57. The fourth-order valence-corrected chi connectivity index (χ4v) is 2.21. The van der Waals surface area contributed by atoms with E-state index in [9.17, 15) is 4.79 Å². The van der Waals surface area contributed by atoms with E-state index in [0.717, 1.165) is 31.8 Å². The first-order valence-corrected chi connectivity index (χ1v) is 5.75. The van der Waals surface area contributed by atoms with Crippen LogP contribution in [0.3, 0.4) is 0 Å². The highest BCUT2D eigenvalue weighted by Gasteiger charge is 2.27. The molecule has 4 nitrogen and oxygen atoms in total. The zero-order chi connectivity index (χ0) is 11.5. The molecule has 1 saturated heterocycles. The summed E-state index contributed by atoms with van der Waals surface area (Å²) in [5, 5.41) is 3.10. The Morgan fingerprint density at radius 2 is 2.50 bits per heavy atom. The first-order chi connectivity index (χ1) is 7.69. The highest BCUT2D eigenvalue weighted by Crippen LogP contribution is 2.20. The average Bonchev–Trinajstić information content (AvgIpc) is 2.87. The first kappa shape index (κ1) is 11.5. The Balaban J connectivity index is 1.87. The molecule has 0 saturated carbocycles. The van der Waals surface area contributed by atoms with Crippen LogP contribution in [0.25, 0.3) is 0 Å². The Bertz CT molecular complexity index is 378. The van der Waals surface area contributed by atoms with Crippen LogP contribution in [0.1, 0.15) is 12.2 Å². The fourth-order valence-electron chi connectivity index (χ4n) is 2.05. The Kier molecular flexibility index (Phi) is 3.51. The molecular formula is C11H15ClN2O2. The third-order valence-electron chi connectivity index (χ3n) is 2.90. The third-order valence-corrected chi connectivity index (χ3v) is 3.10. The van der Waals surface area contributed by atoms with Crippen LogP contribution in [-0.4, -0.2) is 30.9 Å². The Labute approximate surface area is 99.5 Å². The molecule has 0 radical (unpaired) electrons. The fraction of sp³-hybridized carbons (Fsp3) is 0.545. The molecule has 1 aromatic heterocycles. The number of nitrogens with one attached hydrogen (secondary N) is 1. The number of rotatable bonds is 3. The minimum Gasteiger partial charge on any atom is -0.448 e. The van der Waals surface area contributed by atoms with Gasteiger partial charge in [-0.2, -0.15) is 0 Å². The van der Waals surface area contributed by atoms with Crippen molar-refractivity contribution >= 4 is 17.5 Å². The van der Waals surface area contributed by atoms with E-state index in [1.807, 2.05) is 6.07 Å². The molecule has 1 atom stereocenters. The summed E-state index contributed by atoms with van der Waals surface area (Å²) in [7, 11) is 1.68. The van der Waals surface area contributed by atoms with Crippen molar-refractivity contribution in [2.24, 2.45) is 5.92 Å². The van der Waals surface area contributed by atoms with Crippen LogP contribution in [0.4, 0.5) is 0 Å². The highest BCUT2D eigenvalue weighted by atomic mass is 35.5. The van der Waals surface area contributed by atoms with Gasteiger partial charge in [0.25, 0.3) is 0 Å². The van der Waals surface area contributed by atoms with Gasteiger partial charge >= 0.3 is 0 Å². The summed E-state index contributed by atoms with van der Waals surface area (Å²) in [5.41, 5.74) is 0. The van der Waals surface area contributed by atoms with Gasteiger partial charge in [0, 0.05) is 13.6 Å². The van der Waals surface area contributed by atoms with Crippen molar-refractivity contribution in [3.8, 4) is 0 Å². The van der Waals surface area contributed by atoms with Crippen LogP contribution >= 0.6 is 11.6 Å². The molecule has 0 spiro atoms. The van der Waals surface area contributed by atoms with Gasteiger partial charge in [0.2, 0.25) is 5.91 Å². The molecule has 0 bridgehead atoms. The minimum absolute atomic E-state index is 0.107. The van der Waals surface area contributed by atoms with Gasteiger partial charge in [0.05, 0.1) is 12.5 Å². The molecule has 88 valence electrons. The molecule has 1 aliphatic rings. The maximum absolute atomic E-state index is 11.4. The Hall–Kier alpha value is -1.00. The van der Waals surface area contributed by atoms with E-state index in [4.69, 9.17) is 16.0 Å². The lowest BCUT2D eigenvalue weighted by Crippen LogP contribution is -2.29. The number of carbonyl (C=O) groups excluding carboxylic acids is 1. The van der Waals surface area contributed by atoms with Gasteiger partial charge in [-0.25, -0.2) is 0 Å². The number of nitrogens with zero attached hydrogens (tertiary/aromatic N) is 1. The van der Waals surface area contributed by atoms with Gasteiger partial charge in [-0.1, -0.05) is 0 Å². The summed E-state index contributed by atoms with van der Waals surface area (Å²) >= 11 is 5.70. The normalized spacial score (nSPS) is 21.2. The van der Waals surface area contributed by atoms with E-state index in [1.54, 1.807) is 13.1 Å². The topological polar surface area (TPSA) is 45.5 Å². The number of carbonyl (C=O) groups is 1. The lowest BCUT2D eigenvalue weighted by atomic mass is 10.1. The van der Waals surface area contributed by atoms with Crippen LogP contribution in [-0.2, 0) is 11.3 Å². The summed E-state index contributed by atoms with van der Waals surface area (Å²) in [6.07, 6.45) is 0.911. The second-order valence-corrected chi connectivity index (χ2v) is 4.41. The molecule has 2 heterocycles. The lowest BCUT2D eigenvalue weighted by Gasteiger charge is -2.13. The molecule has 0 aromatic carbocycles. The summed E-state index contributed by atoms with van der Waals surface area (Å²) in [5.74, 6) is 1.08. The number of hydrogen-bond donors (Lipinski definition) is 1. The van der Waals surface area contributed by atoms with Crippen molar-refractivity contribution in [2.75, 3.05) is 20.1 Å². The molecule has 0 unspecified atom stereocenters. The number of likely N-dealkylation sites (tertiary alicyclic amines) is 1. The standard InChI is InChI=1S/C11H15ClN2O2/c1-13-11(15)8-4-5-14(6-8)7-9-2-3-10(12)16-9/h2-3,8H,4-7H2,1H3,(H,13,15)/t8-/m1/s1. The van der Waals surface area contributed by atoms with Crippen LogP contribution < -0.4 is 5.32 Å². The van der Waals surface area contributed by atoms with Crippen molar-refractivity contribution in [2.45, 2.75) is 13.0 Å². The van der Waals surface area contributed by atoms with Crippen molar-refractivity contribution in [3.63, 3.8) is 0 Å². The van der Waals surface area contributed by atoms with Crippen molar-refractivity contribution < 1.29 is 9.21 Å². The van der Waals surface area contributed by atoms with Gasteiger partial charge in [-0.05, 0) is 36.7 Å². The van der Waals surface area contributed by atoms with Crippen molar-refractivity contribution in [3.05, 3.63) is 23.1 Å². The second-order valence-electron chi connectivity index (χ2n) is 4.04.